The summed E-state index contributed by atoms with van der Waals surface area (Å²) in [6, 6.07) is 6.27. The van der Waals surface area contributed by atoms with E-state index in [1.807, 2.05) is 13.8 Å². The summed E-state index contributed by atoms with van der Waals surface area (Å²) in [5.74, 6) is -0.779. The van der Waals surface area contributed by atoms with Crippen molar-refractivity contribution in [1.82, 2.24) is 5.32 Å². The second-order valence-electron chi connectivity index (χ2n) is 5.24. The maximum atomic E-state index is 11.7. The van der Waals surface area contributed by atoms with E-state index in [4.69, 9.17) is 10.8 Å². The van der Waals surface area contributed by atoms with Crippen LogP contribution >= 0.6 is 0 Å². The number of carbonyl (C=O) groups excluding carboxylic acids is 1. The lowest BCUT2D eigenvalue weighted by molar-refractivity contribution is -0.122. The van der Waals surface area contributed by atoms with E-state index in [0.717, 1.165) is 0 Å². The van der Waals surface area contributed by atoms with Crippen molar-refractivity contribution in [2.45, 2.75) is 32.7 Å². The lowest BCUT2D eigenvalue weighted by Crippen LogP contribution is -2.42. The van der Waals surface area contributed by atoms with Gasteiger partial charge in [-0.15, -0.1) is 0 Å². The molecule has 0 bridgehead atoms. The number of carboxylic acid groups (broad SMARTS) is 1. The van der Waals surface area contributed by atoms with Gasteiger partial charge in [0.25, 0.3) is 0 Å². The number of hydrogen-bond acceptors (Lipinski definition) is 3. The van der Waals surface area contributed by atoms with Gasteiger partial charge < -0.3 is 16.2 Å². The van der Waals surface area contributed by atoms with Crippen molar-refractivity contribution >= 4 is 11.9 Å². The summed E-state index contributed by atoms with van der Waals surface area (Å²) >= 11 is 0. The normalized spacial score (nSPS) is 12.2. The van der Waals surface area contributed by atoms with Crippen LogP contribution in [0.5, 0.6) is 0 Å². The predicted molar refractivity (Wildman–Crippen MR) is 77.5 cm³/mol. The first-order valence-electron chi connectivity index (χ1n) is 6.76. The Hall–Kier alpha value is -1.88. The number of hydrogen-bond donors (Lipinski definition) is 3. The highest BCUT2D eigenvalue weighted by Gasteiger charge is 2.15. The van der Waals surface area contributed by atoms with Gasteiger partial charge in [-0.05, 0) is 30.4 Å². The van der Waals surface area contributed by atoms with Gasteiger partial charge in [0.1, 0.15) is 0 Å². The number of amides is 1. The van der Waals surface area contributed by atoms with Crippen LogP contribution in [0.2, 0.25) is 0 Å². The summed E-state index contributed by atoms with van der Waals surface area (Å²) in [5.41, 5.74) is 6.75. The Morgan fingerprint density at radius 1 is 1.30 bits per heavy atom. The second-order valence-corrected chi connectivity index (χ2v) is 5.24. The van der Waals surface area contributed by atoms with Gasteiger partial charge in [0, 0.05) is 6.54 Å². The molecular weight excluding hydrogens is 256 g/mol. The van der Waals surface area contributed by atoms with Crippen molar-refractivity contribution in [1.29, 1.82) is 0 Å². The molecule has 0 saturated heterocycles. The molecule has 110 valence electrons. The monoisotopic (exact) mass is 278 g/mol. The van der Waals surface area contributed by atoms with E-state index in [1.165, 1.54) is 0 Å². The summed E-state index contributed by atoms with van der Waals surface area (Å²) in [6.07, 6.45) is 1.11. The molecule has 0 spiro atoms. The predicted octanol–water partition coefficient (Wildman–Crippen LogP) is 1.42. The first-order valence-corrected chi connectivity index (χ1v) is 6.76. The number of carbonyl (C=O) groups is 2. The molecule has 4 N–H and O–H groups in total. The van der Waals surface area contributed by atoms with Crippen LogP contribution in [-0.2, 0) is 11.2 Å². The molecule has 20 heavy (non-hydrogen) atoms. The molecule has 5 nitrogen and oxygen atoms in total. The summed E-state index contributed by atoms with van der Waals surface area (Å²) in [6.45, 7) is 4.40. The first-order chi connectivity index (χ1) is 9.41. The quantitative estimate of drug-likeness (QED) is 0.703. The topological polar surface area (TPSA) is 92.4 Å². The molecule has 1 amide bonds. The Labute approximate surface area is 119 Å². The van der Waals surface area contributed by atoms with Gasteiger partial charge in [-0.3, -0.25) is 4.79 Å². The van der Waals surface area contributed by atoms with Crippen LogP contribution in [0.25, 0.3) is 0 Å². The van der Waals surface area contributed by atoms with E-state index in [2.05, 4.69) is 5.32 Å². The Balaban J connectivity index is 2.49. The van der Waals surface area contributed by atoms with Crippen molar-refractivity contribution in [3.8, 4) is 0 Å². The molecule has 5 heteroatoms. The zero-order chi connectivity index (χ0) is 15.1. The van der Waals surface area contributed by atoms with E-state index in [9.17, 15) is 9.59 Å². The van der Waals surface area contributed by atoms with Crippen molar-refractivity contribution in [2.24, 2.45) is 11.7 Å². The average molecular weight is 278 g/mol. The Kier molecular flexibility index (Phi) is 6.18. The molecule has 0 aliphatic carbocycles. The number of nitrogens with two attached hydrogens (primary N) is 1. The van der Waals surface area contributed by atoms with Gasteiger partial charge in [0.05, 0.1) is 11.6 Å². The molecule has 1 atom stereocenters. The van der Waals surface area contributed by atoms with E-state index < -0.39 is 12.0 Å². The van der Waals surface area contributed by atoms with E-state index >= 15 is 0 Å². The molecular formula is C15H22N2O3. The van der Waals surface area contributed by atoms with Crippen molar-refractivity contribution in [2.75, 3.05) is 6.54 Å². The minimum Gasteiger partial charge on any atom is -0.478 e. The second kappa shape index (κ2) is 7.65. The summed E-state index contributed by atoms with van der Waals surface area (Å²) in [5, 5.41) is 11.8. The van der Waals surface area contributed by atoms with Crippen molar-refractivity contribution in [3.05, 3.63) is 35.4 Å². The summed E-state index contributed by atoms with van der Waals surface area (Å²) < 4.78 is 0. The van der Waals surface area contributed by atoms with Crippen LogP contribution in [0, 0.1) is 5.92 Å². The molecule has 1 aromatic rings. The zero-order valence-corrected chi connectivity index (χ0v) is 11.9. The highest BCUT2D eigenvalue weighted by atomic mass is 16.4. The SMILES string of the molecule is CC(C)CC(N)C(=O)NCCc1ccccc1C(=O)O. The molecule has 0 saturated carbocycles. The first kappa shape index (κ1) is 16.2. The third-order valence-corrected chi connectivity index (χ3v) is 3.00. The molecule has 0 aliphatic heterocycles. The smallest absolute Gasteiger partial charge is 0.335 e. The Morgan fingerprint density at radius 3 is 2.55 bits per heavy atom. The molecule has 0 heterocycles. The summed E-state index contributed by atoms with van der Waals surface area (Å²) in [4.78, 5) is 22.8. The number of rotatable bonds is 7. The maximum Gasteiger partial charge on any atom is 0.335 e. The largest absolute Gasteiger partial charge is 0.478 e. The number of benzene rings is 1. The van der Waals surface area contributed by atoms with E-state index in [-0.39, 0.29) is 11.5 Å². The van der Waals surface area contributed by atoms with Crippen LogP contribution < -0.4 is 11.1 Å². The van der Waals surface area contributed by atoms with Gasteiger partial charge >= 0.3 is 5.97 Å². The fraction of sp³-hybridized carbons (Fsp3) is 0.467. The van der Waals surface area contributed by atoms with Gasteiger partial charge in [-0.2, -0.15) is 0 Å². The summed E-state index contributed by atoms with van der Waals surface area (Å²) in [7, 11) is 0. The molecule has 0 radical (unpaired) electrons. The molecule has 1 rings (SSSR count). The van der Waals surface area contributed by atoms with Gasteiger partial charge in [-0.25, -0.2) is 4.79 Å². The maximum absolute atomic E-state index is 11.7. The minimum atomic E-state index is -0.955. The third kappa shape index (κ3) is 5.01. The van der Waals surface area contributed by atoms with Gasteiger partial charge in [0.15, 0.2) is 0 Å². The van der Waals surface area contributed by atoms with Gasteiger partial charge in [-0.1, -0.05) is 32.0 Å². The number of carboxylic acids is 1. The van der Waals surface area contributed by atoms with Crippen molar-refractivity contribution in [3.63, 3.8) is 0 Å². The molecule has 0 fully saturated rings. The molecule has 1 unspecified atom stereocenters. The van der Waals surface area contributed by atoms with Crippen LogP contribution in [0.15, 0.2) is 24.3 Å². The Bertz CT molecular complexity index is 472. The number of aromatic carboxylic acids is 1. The van der Waals surface area contributed by atoms with Crippen LogP contribution in [0.3, 0.4) is 0 Å². The lowest BCUT2D eigenvalue weighted by atomic mass is 10.0. The van der Waals surface area contributed by atoms with E-state index in [1.54, 1.807) is 24.3 Å². The molecule has 0 aromatic heterocycles. The van der Waals surface area contributed by atoms with Crippen LogP contribution in [0.4, 0.5) is 0 Å². The fourth-order valence-electron chi connectivity index (χ4n) is 2.01. The van der Waals surface area contributed by atoms with Crippen LogP contribution in [0.1, 0.15) is 36.2 Å². The lowest BCUT2D eigenvalue weighted by Gasteiger charge is -2.14. The van der Waals surface area contributed by atoms with Gasteiger partial charge in [0.2, 0.25) is 5.91 Å². The minimum absolute atomic E-state index is 0.188. The Morgan fingerprint density at radius 2 is 1.95 bits per heavy atom. The molecule has 1 aromatic carbocycles. The number of nitrogens with one attached hydrogen (secondary N) is 1. The van der Waals surface area contributed by atoms with E-state index in [0.29, 0.717) is 30.9 Å². The van der Waals surface area contributed by atoms with Crippen molar-refractivity contribution < 1.29 is 14.7 Å². The average Bonchev–Trinajstić information content (AvgIpc) is 2.38. The fourth-order valence-corrected chi connectivity index (χ4v) is 2.01. The highest BCUT2D eigenvalue weighted by molar-refractivity contribution is 5.89. The highest BCUT2D eigenvalue weighted by Crippen LogP contribution is 2.09. The molecule has 0 aliphatic rings. The zero-order valence-electron chi connectivity index (χ0n) is 11.9. The van der Waals surface area contributed by atoms with Crippen LogP contribution in [-0.4, -0.2) is 29.6 Å². The third-order valence-electron chi connectivity index (χ3n) is 3.00. The standard InChI is InChI=1S/C15H22N2O3/c1-10(2)9-13(16)14(18)17-8-7-11-5-3-4-6-12(11)15(19)20/h3-6,10,13H,7-9,16H2,1-2H3,(H,17,18)(H,19,20).